The van der Waals surface area contributed by atoms with Gasteiger partial charge in [-0.25, -0.2) is 4.68 Å². The molecule has 0 aliphatic rings. The quantitative estimate of drug-likeness (QED) is 0.560. The zero-order valence-electron chi connectivity index (χ0n) is 12.5. The fourth-order valence-corrected chi connectivity index (χ4v) is 2.72. The molecule has 0 unspecified atom stereocenters. The Balaban J connectivity index is 1.75. The van der Waals surface area contributed by atoms with Gasteiger partial charge in [-0.3, -0.25) is 10.1 Å². The number of hydrogen-bond acceptors (Lipinski definition) is 4. The molecule has 2 heterocycles. The molecular formula is C15H17N5O2. The van der Waals surface area contributed by atoms with Crippen molar-refractivity contribution >= 4 is 22.4 Å². The number of aromatic nitrogens is 3. The number of aromatic amines is 1. The third-order valence-corrected chi connectivity index (χ3v) is 3.73. The summed E-state index contributed by atoms with van der Waals surface area (Å²) in [5.74, 6) is 0.447. The van der Waals surface area contributed by atoms with Crippen LogP contribution in [0.5, 0.6) is 0 Å². The lowest BCUT2D eigenvalue weighted by atomic mass is 10.1. The van der Waals surface area contributed by atoms with E-state index in [1.165, 1.54) is 15.6 Å². The van der Waals surface area contributed by atoms with E-state index in [0.29, 0.717) is 18.1 Å². The summed E-state index contributed by atoms with van der Waals surface area (Å²) in [7, 11) is 1.70. The molecule has 3 rings (SSSR count). The zero-order valence-corrected chi connectivity index (χ0v) is 12.5. The molecule has 0 fully saturated rings. The maximum Gasteiger partial charge on any atom is 0.333 e. The van der Waals surface area contributed by atoms with E-state index in [1.807, 2.05) is 24.4 Å². The van der Waals surface area contributed by atoms with E-state index in [9.17, 15) is 10.1 Å². The van der Waals surface area contributed by atoms with Crippen molar-refractivity contribution in [1.29, 1.82) is 0 Å². The van der Waals surface area contributed by atoms with Crippen LogP contribution in [0.25, 0.3) is 10.9 Å². The molecule has 0 aliphatic heterocycles. The van der Waals surface area contributed by atoms with Crippen LogP contribution in [0.1, 0.15) is 11.3 Å². The van der Waals surface area contributed by atoms with Crippen molar-refractivity contribution in [3.63, 3.8) is 0 Å². The highest BCUT2D eigenvalue weighted by Crippen LogP contribution is 2.27. The average Bonchev–Trinajstić information content (AvgIpc) is 3.01. The van der Waals surface area contributed by atoms with Gasteiger partial charge in [0.25, 0.3) is 0 Å². The van der Waals surface area contributed by atoms with E-state index in [-0.39, 0.29) is 5.69 Å². The van der Waals surface area contributed by atoms with Gasteiger partial charge in [-0.2, -0.15) is 5.10 Å². The SMILES string of the molecule is Cc1nn(C)c(NCCc2c[nH]c3ccccc23)c1[N+](=O)[O-]. The molecule has 2 aromatic heterocycles. The molecular weight excluding hydrogens is 282 g/mol. The topological polar surface area (TPSA) is 88.8 Å². The summed E-state index contributed by atoms with van der Waals surface area (Å²) < 4.78 is 1.52. The Labute approximate surface area is 127 Å². The van der Waals surface area contributed by atoms with Gasteiger partial charge >= 0.3 is 5.69 Å². The zero-order chi connectivity index (χ0) is 15.7. The molecule has 0 saturated heterocycles. The van der Waals surface area contributed by atoms with Gasteiger partial charge in [0.15, 0.2) is 0 Å². The van der Waals surface area contributed by atoms with Crippen molar-refractivity contribution in [3.8, 4) is 0 Å². The summed E-state index contributed by atoms with van der Waals surface area (Å²) in [6, 6.07) is 8.09. The Morgan fingerprint density at radius 3 is 2.95 bits per heavy atom. The smallest absolute Gasteiger partial charge is 0.333 e. The molecule has 0 radical (unpaired) electrons. The van der Waals surface area contributed by atoms with Crippen LogP contribution in [0, 0.1) is 17.0 Å². The number of hydrogen-bond donors (Lipinski definition) is 2. The maximum atomic E-state index is 11.1. The Morgan fingerprint density at radius 1 is 1.41 bits per heavy atom. The van der Waals surface area contributed by atoms with E-state index < -0.39 is 4.92 Å². The van der Waals surface area contributed by atoms with Gasteiger partial charge < -0.3 is 10.3 Å². The first kappa shape index (κ1) is 14.1. The number of benzene rings is 1. The van der Waals surface area contributed by atoms with Crippen LogP contribution in [0.3, 0.4) is 0 Å². The van der Waals surface area contributed by atoms with Crippen LogP contribution >= 0.6 is 0 Å². The van der Waals surface area contributed by atoms with Gasteiger partial charge in [-0.05, 0) is 25.0 Å². The standard InChI is InChI=1S/C15H17N5O2/c1-10-14(20(21)22)15(19(2)18-10)16-8-7-11-9-17-13-6-4-3-5-12(11)13/h3-6,9,16-17H,7-8H2,1-2H3. The van der Waals surface area contributed by atoms with Crippen LogP contribution in [0.4, 0.5) is 11.5 Å². The molecule has 114 valence electrons. The number of anilines is 1. The van der Waals surface area contributed by atoms with Gasteiger partial charge in [0.1, 0.15) is 5.69 Å². The minimum absolute atomic E-state index is 0.0430. The Bertz CT molecular complexity index is 834. The lowest BCUT2D eigenvalue weighted by molar-refractivity contribution is -0.384. The van der Waals surface area contributed by atoms with Crippen LogP contribution in [0.2, 0.25) is 0 Å². The van der Waals surface area contributed by atoms with Crippen LogP contribution in [-0.4, -0.2) is 26.2 Å². The third kappa shape index (κ3) is 2.41. The minimum atomic E-state index is -0.393. The van der Waals surface area contributed by atoms with Crippen LogP contribution in [-0.2, 0) is 13.5 Å². The van der Waals surface area contributed by atoms with Crippen LogP contribution < -0.4 is 5.32 Å². The van der Waals surface area contributed by atoms with Crippen molar-refractivity contribution in [2.75, 3.05) is 11.9 Å². The van der Waals surface area contributed by atoms with Crippen molar-refractivity contribution in [2.24, 2.45) is 7.05 Å². The Morgan fingerprint density at radius 2 is 2.18 bits per heavy atom. The maximum absolute atomic E-state index is 11.1. The molecule has 0 bridgehead atoms. The molecule has 0 amide bonds. The molecule has 0 aliphatic carbocycles. The molecule has 7 nitrogen and oxygen atoms in total. The lowest BCUT2D eigenvalue weighted by Gasteiger charge is -2.05. The first-order valence-corrected chi connectivity index (χ1v) is 7.04. The molecule has 2 N–H and O–H groups in total. The van der Waals surface area contributed by atoms with E-state index >= 15 is 0 Å². The highest BCUT2D eigenvalue weighted by Gasteiger charge is 2.23. The summed E-state index contributed by atoms with van der Waals surface area (Å²) in [4.78, 5) is 14.0. The number of H-pyrrole nitrogens is 1. The van der Waals surface area contributed by atoms with Gasteiger partial charge in [-0.15, -0.1) is 0 Å². The summed E-state index contributed by atoms with van der Waals surface area (Å²) in [6.45, 7) is 2.24. The highest BCUT2D eigenvalue weighted by molar-refractivity contribution is 5.83. The number of rotatable bonds is 5. The van der Waals surface area contributed by atoms with Gasteiger partial charge in [-0.1, -0.05) is 18.2 Å². The summed E-state index contributed by atoms with van der Waals surface area (Å²) >= 11 is 0. The van der Waals surface area contributed by atoms with Crippen molar-refractivity contribution in [1.82, 2.24) is 14.8 Å². The van der Waals surface area contributed by atoms with E-state index in [1.54, 1.807) is 14.0 Å². The molecule has 22 heavy (non-hydrogen) atoms. The van der Waals surface area contributed by atoms with Gasteiger partial charge in [0.05, 0.1) is 4.92 Å². The monoisotopic (exact) mass is 299 g/mol. The van der Waals surface area contributed by atoms with Crippen molar-refractivity contribution in [2.45, 2.75) is 13.3 Å². The number of nitrogens with zero attached hydrogens (tertiary/aromatic N) is 3. The fourth-order valence-electron chi connectivity index (χ4n) is 2.72. The number of nitrogens with one attached hydrogen (secondary N) is 2. The van der Waals surface area contributed by atoms with E-state index in [4.69, 9.17) is 0 Å². The first-order valence-electron chi connectivity index (χ1n) is 7.04. The number of fused-ring (bicyclic) bond motifs is 1. The van der Waals surface area contributed by atoms with Gasteiger partial charge in [0, 0.05) is 30.7 Å². The molecule has 3 aromatic rings. The Kier molecular flexibility index (Phi) is 3.54. The first-order chi connectivity index (χ1) is 10.6. The number of aryl methyl sites for hydroxylation is 2. The summed E-state index contributed by atoms with van der Waals surface area (Å²) in [6.07, 6.45) is 2.75. The van der Waals surface area contributed by atoms with E-state index in [2.05, 4.69) is 21.5 Å². The van der Waals surface area contributed by atoms with Crippen LogP contribution in [0.15, 0.2) is 30.5 Å². The number of nitro groups is 1. The second kappa shape index (κ2) is 5.51. The molecule has 0 saturated carbocycles. The normalized spacial score (nSPS) is 11.0. The minimum Gasteiger partial charge on any atom is -0.364 e. The molecule has 7 heteroatoms. The predicted octanol–water partition coefficient (Wildman–Crippen LogP) is 2.77. The third-order valence-electron chi connectivity index (χ3n) is 3.73. The average molecular weight is 299 g/mol. The molecule has 0 spiro atoms. The fraction of sp³-hybridized carbons (Fsp3) is 0.267. The summed E-state index contributed by atoms with van der Waals surface area (Å²) in [5, 5.41) is 19.5. The van der Waals surface area contributed by atoms with Crippen molar-refractivity contribution in [3.05, 3.63) is 51.8 Å². The Hall–Kier alpha value is -2.83. The lowest BCUT2D eigenvalue weighted by Crippen LogP contribution is -2.09. The predicted molar refractivity (Wildman–Crippen MR) is 85.1 cm³/mol. The van der Waals surface area contributed by atoms with Crippen molar-refractivity contribution < 1.29 is 4.92 Å². The second-order valence-electron chi connectivity index (χ2n) is 5.20. The number of para-hydroxylation sites is 1. The molecule has 0 atom stereocenters. The summed E-state index contributed by atoms with van der Waals surface area (Å²) in [5.41, 5.74) is 2.74. The second-order valence-corrected chi connectivity index (χ2v) is 5.20. The van der Waals surface area contributed by atoms with Gasteiger partial charge in [0.2, 0.25) is 5.82 Å². The van der Waals surface area contributed by atoms with E-state index in [0.717, 1.165) is 11.9 Å². The molecule has 1 aromatic carbocycles. The highest BCUT2D eigenvalue weighted by atomic mass is 16.6. The largest absolute Gasteiger partial charge is 0.364 e.